The van der Waals surface area contributed by atoms with Crippen LogP contribution >= 0.6 is 0 Å². The quantitative estimate of drug-likeness (QED) is 0.613. The Morgan fingerprint density at radius 1 is 0.933 bits per heavy atom. The molecule has 0 aromatic heterocycles. The Kier molecular flexibility index (Phi) is 5.55. The molecule has 0 saturated heterocycles. The zero-order chi connectivity index (χ0) is 21.1. The molecule has 0 saturated carbocycles. The Labute approximate surface area is 175 Å². The number of nitrogens with zero attached hydrogens (tertiary/aromatic N) is 1. The van der Waals surface area contributed by atoms with Gasteiger partial charge < -0.3 is 5.32 Å². The summed E-state index contributed by atoms with van der Waals surface area (Å²) in [5.41, 5.74) is 2.37. The maximum absolute atomic E-state index is 13.9. The van der Waals surface area contributed by atoms with Gasteiger partial charge in [-0.05, 0) is 42.7 Å². The van der Waals surface area contributed by atoms with E-state index >= 15 is 0 Å². The van der Waals surface area contributed by atoms with E-state index in [0.29, 0.717) is 23.4 Å². The summed E-state index contributed by atoms with van der Waals surface area (Å²) >= 11 is 0. The predicted octanol–water partition coefficient (Wildman–Crippen LogP) is 3.75. The minimum Gasteiger partial charge on any atom is -0.355 e. The van der Waals surface area contributed by atoms with Crippen molar-refractivity contribution in [2.24, 2.45) is 0 Å². The van der Waals surface area contributed by atoms with E-state index in [4.69, 9.17) is 0 Å². The van der Waals surface area contributed by atoms with Crippen LogP contribution in [0.2, 0.25) is 0 Å². The molecule has 0 fully saturated rings. The third-order valence-corrected chi connectivity index (χ3v) is 6.88. The zero-order valence-corrected chi connectivity index (χ0v) is 17.0. The number of sulfonamides is 1. The van der Waals surface area contributed by atoms with Gasteiger partial charge in [-0.25, -0.2) is 12.8 Å². The van der Waals surface area contributed by atoms with E-state index in [0.717, 1.165) is 17.1 Å². The highest BCUT2D eigenvalue weighted by Gasteiger charge is 2.35. The van der Waals surface area contributed by atoms with Crippen molar-refractivity contribution in [1.29, 1.82) is 0 Å². The van der Waals surface area contributed by atoms with E-state index in [2.05, 4.69) is 5.32 Å². The van der Waals surface area contributed by atoms with E-state index in [-0.39, 0.29) is 11.4 Å². The van der Waals surface area contributed by atoms with Crippen molar-refractivity contribution in [2.45, 2.75) is 17.7 Å². The highest BCUT2D eigenvalue weighted by atomic mass is 32.2. The topological polar surface area (TPSA) is 66.5 Å². The first-order chi connectivity index (χ1) is 14.5. The summed E-state index contributed by atoms with van der Waals surface area (Å²) in [6, 6.07) is 20.3. The van der Waals surface area contributed by atoms with Gasteiger partial charge in [0.1, 0.15) is 12.4 Å². The molecule has 1 N–H and O–H groups in total. The monoisotopic (exact) mass is 424 g/mol. The molecule has 30 heavy (non-hydrogen) atoms. The molecule has 3 aromatic rings. The largest absolute Gasteiger partial charge is 0.355 e. The number of carbonyl (C=O) groups is 1. The van der Waals surface area contributed by atoms with Crippen molar-refractivity contribution in [1.82, 2.24) is 5.32 Å². The number of fused-ring (bicyclic) bond motifs is 3. The van der Waals surface area contributed by atoms with E-state index in [1.165, 1.54) is 29.8 Å². The lowest BCUT2D eigenvalue weighted by Crippen LogP contribution is -2.42. The second-order valence-corrected chi connectivity index (χ2v) is 8.94. The standard InChI is InChI=1S/C23H21FN2O3S/c24-18-12-13-21-20(15-18)19-10-4-5-11-22(19)30(28,29)26(21)16-23(27)25-14-6-9-17-7-2-1-3-8-17/h1-5,7-8,10-13,15H,6,9,14,16H2,(H,25,27). The first-order valence-electron chi connectivity index (χ1n) is 9.69. The van der Waals surface area contributed by atoms with Gasteiger partial charge in [0.15, 0.2) is 0 Å². The molecule has 3 aromatic carbocycles. The van der Waals surface area contributed by atoms with Gasteiger partial charge in [-0.15, -0.1) is 0 Å². The molecule has 0 radical (unpaired) electrons. The van der Waals surface area contributed by atoms with Crippen LogP contribution in [-0.2, 0) is 21.2 Å². The molecule has 1 amide bonds. The summed E-state index contributed by atoms with van der Waals surface area (Å²) in [5.74, 6) is -0.866. The summed E-state index contributed by atoms with van der Waals surface area (Å²) < 4.78 is 41.2. The number of anilines is 1. The Balaban J connectivity index is 1.50. The number of nitrogens with one attached hydrogen (secondary N) is 1. The molecule has 0 atom stereocenters. The number of carbonyl (C=O) groups excluding carboxylic acids is 1. The Morgan fingerprint density at radius 3 is 2.47 bits per heavy atom. The average molecular weight is 424 g/mol. The highest BCUT2D eigenvalue weighted by molar-refractivity contribution is 7.93. The van der Waals surface area contributed by atoms with E-state index in [1.54, 1.807) is 18.2 Å². The Morgan fingerprint density at radius 2 is 1.67 bits per heavy atom. The predicted molar refractivity (Wildman–Crippen MR) is 114 cm³/mol. The molecular formula is C23H21FN2O3S. The minimum absolute atomic E-state index is 0.0694. The third kappa shape index (κ3) is 3.93. The minimum atomic E-state index is -3.93. The number of benzene rings is 3. The van der Waals surface area contributed by atoms with Gasteiger partial charge in [-0.3, -0.25) is 9.10 Å². The number of hydrogen-bond acceptors (Lipinski definition) is 3. The number of amides is 1. The van der Waals surface area contributed by atoms with Crippen LogP contribution < -0.4 is 9.62 Å². The number of hydrogen-bond donors (Lipinski definition) is 1. The summed E-state index contributed by atoms with van der Waals surface area (Å²) in [4.78, 5) is 12.6. The van der Waals surface area contributed by atoms with Gasteiger partial charge in [0, 0.05) is 17.7 Å². The zero-order valence-electron chi connectivity index (χ0n) is 16.2. The van der Waals surface area contributed by atoms with E-state index in [1.807, 2.05) is 30.3 Å². The molecule has 7 heteroatoms. The molecule has 0 spiro atoms. The van der Waals surface area contributed by atoms with Gasteiger partial charge in [0.2, 0.25) is 5.91 Å². The fourth-order valence-corrected chi connectivity index (χ4v) is 5.27. The summed E-state index contributed by atoms with van der Waals surface area (Å²) in [5, 5.41) is 2.79. The van der Waals surface area contributed by atoms with Crippen molar-refractivity contribution < 1.29 is 17.6 Å². The summed E-state index contributed by atoms with van der Waals surface area (Å²) in [7, 11) is -3.93. The van der Waals surface area contributed by atoms with Crippen LogP contribution in [0.25, 0.3) is 11.1 Å². The fourth-order valence-electron chi connectivity index (χ4n) is 3.63. The van der Waals surface area contributed by atoms with E-state index in [9.17, 15) is 17.6 Å². The average Bonchev–Trinajstić information content (AvgIpc) is 2.75. The van der Waals surface area contributed by atoms with Crippen LogP contribution in [0, 0.1) is 5.82 Å². The van der Waals surface area contributed by atoms with Crippen molar-refractivity contribution >= 4 is 21.6 Å². The van der Waals surface area contributed by atoms with Crippen LogP contribution in [0.15, 0.2) is 77.7 Å². The van der Waals surface area contributed by atoms with Crippen LogP contribution in [0.1, 0.15) is 12.0 Å². The second kappa shape index (κ2) is 8.28. The van der Waals surface area contributed by atoms with Crippen LogP contribution in [0.3, 0.4) is 0 Å². The Hall–Kier alpha value is -3.19. The van der Waals surface area contributed by atoms with Gasteiger partial charge in [-0.2, -0.15) is 0 Å². The van der Waals surface area contributed by atoms with Crippen LogP contribution in [0.5, 0.6) is 0 Å². The molecule has 0 bridgehead atoms. The van der Waals surface area contributed by atoms with Gasteiger partial charge >= 0.3 is 0 Å². The second-order valence-electron chi connectivity index (χ2n) is 7.11. The molecule has 4 rings (SSSR count). The van der Waals surface area contributed by atoms with Gasteiger partial charge in [0.05, 0.1) is 10.6 Å². The SMILES string of the molecule is O=C(CN1c2ccc(F)cc2-c2ccccc2S1(=O)=O)NCCCc1ccccc1. The molecule has 154 valence electrons. The highest BCUT2D eigenvalue weighted by Crippen LogP contribution is 2.42. The van der Waals surface area contributed by atoms with Crippen LogP contribution in [-0.4, -0.2) is 27.4 Å². The summed E-state index contributed by atoms with van der Waals surface area (Å²) in [6.07, 6.45) is 1.56. The maximum Gasteiger partial charge on any atom is 0.265 e. The molecule has 1 aliphatic heterocycles. The Bertz CT molecular complexity index is 1180. The van der Waals surface area contributed by atoms with E-state index < -0.39 is 21.7 Å². The molecule has 1 heterocycles. The molecule has 0 aliphatic carbocycles. The summed E-state index contributed by atoms with van der Waals surface area (Å²) in [6.45, 7) is 0.0785. The molecule has 1 aliphatic rings. The van der Waals surface area contributed by atoms with Crippen LogP contribution in [0.4, 0.5) is 10.1 Å². The fraction of sp³-hybridized carbons (Fsp3) is 0.174. The molecule has 5 nitrogen and oxygen atoms in total. The lowest BCUT2D eigenvalue weighted by molar-refractivity contribution is -0.119. The smallest absolute Gasteiger partial charge is 0.265 e. The van der Waals surface area contributed by atoms with Crippen molar-refractivity contribution in [3.8, 4) is 11.1 Å². The third-order valence-electron chi connectivity index (χ3n) is 5.07. The van der Waals surface area contributed by atoms with Gasteiger partial charge in [-0.1, -0.05) is 48.5 Å². The maximum atomic E-state index is 13.9. The van der Waals surface area contributed by atoms with Crippen molar-refractivity contribution in [3.05, 3.63) is 84.2 Å². The lowest BCUT2D eigenvalue weighted by Gasteiger charge is -2.31. The van der Waals surface area contributed by atoms with Crippen molar-refractivity contribution in [3.63, 3.8) is 0 Å². The number of halogens is 1. The first-order valence-corrected chi connectivity index (χ1v) is 11.1. The number of aryl methyl sites for hydroxylation is 1. The molecular weight excluding hydrogens is 403 g/mol. The lowest BCUT2D eigenvalue weighted by atomic mass is 10.0. The molecule has 0 unspecified atom stereocenters. The number of rotatable bonds is 6. The first kappa shape index (κ1) is 20.1. The van der Waals surface area contributed by atoms with Crippen molar-refractivity contribution in [2.75, 3.05) is 17.4 Å². The van der Waals surface area contributed by atoms with Gasteiger partial charge in [0.25, 0.3) is 10.0 Å². The normalized spacial score (nSPS) is 14.0.